The van der Waals surface area contributed by atoms with Crippen LogP contribution in [0.5, 0.6) is 0 Å². The van der Waals surface area contributed by atoms with Crippen LogP contribution in [0.3, 0.4) is 0 Å². The van der Waals surface area contributed by atoms with Crippen molar-refractivity contribution in [2.75, 3.05) is 13.1 Å². The molecule has 1 fully saturated rings. The SMILES string of the molecule is Cc1cccc(F)c1S(=O)(=O)NC1CNCCC1C. The second-order valence-electron chi connectivity index (χ2n) is 5.08. The predicted octanol–water partition coefficient (Wildman–Crippen LogP) is 1.41. The van der Waals surface area contributed by atoms with Gasteiger partial charge in [0.15, 0.2) is 0 Å². The van der Waals surface area contributed by atoms with Crippen LogP contribution in [0.25, 0.3) is 0 Å². The number of rotatable bonds is 3. The largest absolute Gasteiger partial charge is 0.315 e. The number of halogens is 1. The van der Waals surface area contributed by atoms with Gasteiger partial charge >= 0.3 is 0 Å². The Bertz CT molecular complexity index is 540. The van der Waals surface area contributed by atoms with Crippen molar-refractivity contribution in [1.29, 1.82) is 0 Å². The molecule has 2 unspecified atom stereocenters. The number of nitrogens with one attached hydrogen (secondary N) is 2. The van der Waals surface area contributed by atoms with Gasteiger partial charge in [-0.15, -0.1) is 0 Å². The maximum Gasteiger partial charge on any atom is 0.244 e. The molecular weight excluding hydrogens is 267 g/mol. The molecule has 0 saturated carbocycles. The summed E-state index contributed by atoms with van der Waals surface area (Å²) in [5, 5.41) is 3.15. The summed E-state index contributed by atoms with van der Waals surface area (Å²) in [6.45, 7) is 5.06. The van der Waals surface area contributed by atoms with Crippen molar-refractivity contribution >= 4 is 10.0 Å². The van der Waals surface area contributed by atoms with Gasteiger partial charge in [0.2, 0.25) is 10.0 Å². The van der Waals surface area contributed by atoms with Crippen LogP contribution in [0.15, 0.2) is 23.1 Å². The van der Waals surface area contributed by atoms with Crippen LogP contribution in [0.2, 0.25) is 0 Å². The first-order valence-electron chi connectivity index (χ1n) is 6.40. The molecule has 1 aliphatic rings. The van der Waals surface area contributed by atoms with E-state index < -0.39 is 15.8 Å². The van der Waals surface area contributed by atoms with Gasteiger partial charge in [-0.05, 0) is 37.4 Å². The lowest BCUT2D eigenvalue weighted by molar-refractivity contribution is 0.326. The summed E-state index contributed by atoms with van der Waals surface area (Å²) >= 11 is 0. The Labute approximate surface area is 113 Å². The molecule has 0 amide bonds. The summed E-state index contributed by atoms with van der Waals surface area (Å²) in [6.07, 6.45) is 0.906. The summed E-state index contributed by atoms with van der Waals surface area (Å²) in [4.78, 5) is -0.243. The molecule has 1 heterocycles. The van der Waals surface area contributed by atoms with Crippen molar-refractivity contribution in [3.8, 4) is 0 Å². The monoisotopic (exact) mass is 286 g/mol. The molecule has 4 nitrogen and oxygen atoms in total. The standard InChI is InChI=1S/C13H19FN2O2S/c1-9-6-7-15-8-12(9)16-19(17,18)13-10(2)4-3-5-11(13)14/h3-5,9,12,15-16H,6-8H2,1-2H3. The Balaban J connectivity index is 2.27. The summed E-state index contributed by atoms with van der Waals surface area (Å²) in [7, 11) is -3.82. The van der Waals surface area contributed by atoms with Crippen molar-refractivity contribution in [3.63, 3.8) is 0 Å². The minimum Gasteiger partial charge on any atom is -0.315 e. The molecule has 0 bridgehead atoms. The first-order chi connectivity index (χ1) is 8.92. The van der Waals surface area contributed by atoms with Gasteiger partial charge in [-0.25, -0.2) is 17.5 Å². The lowest BCUT2D eigenvalue weighted by Crippen LogP contribution is -2.50. The van der Waals surface area contributed by atoms with Crippen LogP contribution in [-0.2, 0) is 10.0 Å². The predicted molar refractivity (Wildman–Crippen MR) is 71.9 cm³/mol. The summed E-state index contributed by atoms with van der Waals surface area (Å²) in [5.74, 6) is -0.466. The van der Waals surface area contributed by atoms with Crippen molar-refractivity contribution < 1.29 is 12.8 Å². The van der Waals surface area contributed by atoms with Gasteiger partial charge in [-0.3, -0.25) is 0 Å². The van der Waals surface area contributed by atoms with E-state index in [0.717, 1.165) is 13.0 Å². The molecule has 106 valence electrons. The van der Waals surface area contributed by atoms with E-state index in [2.05, 4.69) is 10.0 Å². The highest BCUT2D eigenvalue weighted by Crippen LogP contribution is 2.21. The number of piperidine rings is 1. The molecule has 2 N–H and O–H groups in total. The zero-order chi connectivity index (χ0) is 14.0. The van der Waals surface area contributed by atoms with Gasteiger partial charge in [-0.1, -0.05) is 19.1 Å². The third-order valence-corrected chi connectivity index (χ3v) is 5.23. The van der Waals surface area contributed by atoms with E-state index in [-0.39, 0.29) is 16.9 Å². The quantitative estimate of drug-likeness (QED) is 0.883. The first-order valence-corrected chi connectivity index (χ1v) is 7.88. The molecule has 0 aliphatic carbocycles. The minimum absolute atomic E-state index is 0.197. The Morgan fingerprint density at radius 1 is 1.42 bits per heavy atom. The topological polar surface area (TPSA) is 58.2 Å². The second-order valence-corrected chi connectivity index (χ2v) is 6.73. The van der Waals surface area contributed by atoms with Crippen LogP contribution >= 0.6 is 0 Å². The fourth-order valence-electron chi connectivity index (χ4n) is 2.36. The highest BCUT2D eigenvalue weighted by Gasteiger charge is 2.29. The average Bonchev–Trinajstić information content (AvgIpc) is 2.31. The Morgan fingerprint density at radius 3 is 2.79 bits per heavy atom. The van der Waals surface area contributed by atoms with Crippen molar-refractivity contribution in [2.24, 2.45) is 5.92 Å². The van der Waals surface area contributed by atoms with E-state index >= 15 is 0 Å². The average molecular weight is 286 g/mol. The van der Waals surface area contributed by atoms with E-state index in [9.17, 15) is 12.8 Å². The third kappa shape index (κ3) is 3.13. The number of hydrogen-bond acceptors (Lipinski definition) is 3. The van der Waals surface area contributed by atoms with Crippen molar-refractivity contribution in [2.45, 2.75) is 31.2 Å². The summed E-state index contributed by atoms with van der Waals surface area (Å²) in [6, 6.07) is 4.08. The number of hydrogen-bond donors (Lipinski definition) is 2. The summed E-state index contributed by atoms with van der Waals surface area (Å²) in [5.41, 5.74) is 0.420. The summed E-state index contributed by atoms with van der Waals surface area (Å²) < 4.78 is 41.0. The first kappa shape index (κ1) is 14.4. The zero-order valence-corrected chi connectivity index (χ0v) is 11.9. The highest BCUT2D eigenvalue weighted by atomic mass is 32.2. The van der Waals surface area contributed by atoms with Crippen molar-refractivity contribution in [1.82, 2.24) is 10.0 Å². The Kier molecular flexibility index (Phi) is 4.23. The highest BCUT2D eigenvalue weighted by molar-refractivity contribution is 7.89. The van der Waals surface area contributed by atoms with Gasteiger partial charge < -0.3 is 5.32 Å². The molecule has 6 heteroatoms. The molecule has 19 heavy (non-hydrogen) atoms. The third-order valence-electron chi connectivity index (χ3n) is 3.57. The van der Waals surface area contributed by atoms with Crippen LogP contribution in [-0.4, -0.2) is 27.5 Å². The molecule has 2 atom stereocenters. The van der Waals surface area contributed by atoms with E-state index in [1.54, 1.807) is 13.0 Å². The maximum atomic E-state index is 13.8. The molecule has 0 radical (unpaired) electrons. The lowest BCUT2D eigenvalue weighted by Gasteiger charge is -2.30. The van der Waals surface area contributed by atoms with Gasteiger partial charge in [0, 0.05) is 12.6 Å². The number of aryl methyl sites for hydroxylation is 1. The molecule has 2 rings (SSSR count). The van der Waals surface area contributed by atoms with E-state index in [0.29, 0.717) is 12.1 Å². The fraction of sp³-hybridized carbons (Fsp3) is 0.538. The van der Waals surface area contributed by atoms with Crippen LogP contribution in [0.4, 0.5) is 4.39 Å². The Hall–Kier alpha value is -0.980. The molecule has 1 saturated heterocycles. The molecule has 0 spiro atoms. The maximum absolute atomic E-state index is 13.8. The fourth-order valence-corrected chi connectivity index (χ4v) is 4.01. The molecule has 1 aromatic carbocycles. The number of benzene rings is 1. The van der Waals surface area contributed by atoms with E-state index in [1.165, 1.54) is 12.1 Å². The smallest absolute Gasteiger partial charge is 0.244 e. The zero-order valence-electron chi connectivity index (χ0n) is 11.1. The van der Waals surface area contributed by atoms with Crippen LogP contribution in [0, 0.1) is 18.7 Å². The molecule has 0 aromatic heterocycles. The van der Waals surface area contributed by atoms with E-state index in [1.807, 2.05) is 6.92 Å². The lowest BCUT2D eigenvalue weighted by atomic mass is 9.96. The van der Waals surface area contributed by atoms with E-state index in [4.69, 9.17) is 0 Å². The van der Waals surface area contributed by atoms with Crippen LogP contribution < -0.4 is 10.0 Å². The number of sulfonamides is 1. The van der Waals surface area contributed by atoms with Gasteiger partial charge in [0.1, 0.15) is 10.7 Å². The van der Waals surface area contributed by atoms with Gasteiger partial charge in [-0.2, -0.15) is 0 Å². The molecule has 1 aliphatic heterocycles. The van der Waals surface area contributed by atoms with Crippen molar-refractivity contribution in [3.05, 3.63) is 29.6 Å². The second kappa shape index (κ2) is 5.56. The molecule has 1 aromatic rings. The minimum atomic E-state index is -3.82. The Morgan fingerprint density at radius 2 is 2.16 bits per heavy atom. The van der Waals surface area contributed by atoms with Gasteiger partial charge in [0.25, 0.3) is 0 Å². The van der Waals surface area contributed by atoms with Crippen LogP contribution in [0.1, 0.15) is 18.9 Å². The van der Waals surface area contributed by atoms with Gasteiger partial charge in [0.05, 0.1) is 0 Å². The molecular formula is C13H19FN2O2S. The normalized spacial score (nSPS) is 24.4.